The van der Waals surface area contributed by atoms with E-state index in [9.17, 15) is 4.79 Å². The zero-order chi connectivity index (χ0) is 23.1. The van der Waals surface area contributed by atoms with Crippen molar-refractivity contribution < 1.29 is 9.47 Å². The summed E-state index contributed by atoms with van der Waals surface area (Å²) in [5.41, 5.74) is 2.80. The van der Waals surface area contributed by atoms with Gasteiger partial charge in [-0.25, -0.2) is 14.8 Å². The third-order valence-corrected chi connectivity index (χ3v) is 6.61. The molecule has 0 spiro atoms. The van der Waals surface area contributed by atoms with Crippen LogP contribution in [0.15, 0.2) is 46.1 Å². The number of pyridine rings is 1. The predicted molar refractivity (Wildman–Crippen MR) is 128 cm³/mol. The number of morpholine rings is 1. The molecule has 33 heavy (non-hydrogen) atoms. The van der Waals surface area contributed by atoms with Crippen LogP contribution in [0.2, 0.25) is 0 Å². The van der Waals surface area contributed by atoms with Crippen LogP contribution in [0.4, 0.5) is 0 Å². The van der Waals surface area contributed by atoms with Crippen molar-refractivity contribution in [2.45, 2.75) is 39.1 Å². The van der Waals surface area contributed by atoms with Crippen LogP contribution in [-0.4, -0.2) is 61.5 Å². The summed E-state index contributed by atoms with van der Waals surface area (Å²) >= 11 is 3.59. The van der Waals surface area contributed by atoms with Gasteiger partial charge in [-0.15, -0.1) is 0 Å². The second-order valence-electron chi connectivity index (χ2n) is 8.49. The average molecular weight is 513 g/mol. The molecule has 1 aliphatic rings. The molecule has 5 rings (SSSR count). The first-order valence-corrected chi connectivity index (χ1v) is 11.6. The topological polar surface area (TPSA) is 86.8 Å². The lowest BCUT2D eigenvalue weighted by Gasteiger charge is -2.35. The fourth-order valence-corrected chi connectivity index (χ4v) is 4.99. The molecule has 0 amide bonds. The number of aromatic nitrogens is 5. The largest absolute Gasteiger partial charge is 0.497 e. The molecule has 10 heteroatoms. The fourth-order valence-electron chi connectivity index (χ4n) is 4.50. The molecule has 1 aliphatic heterocycles. The monoisotopic (exact) mass is 512 g/mol. The molecule has 1 aromatic carbocycles. The molecule has 0 bridgehead atoms. The zero-order valence-electron chi connectivity index (χ0n) is 18.7. The van der Waals surface area contributed by atoms with Crippen LogP contribution in [0, 0.1) is 0 Å². The normalized spacial score (nSPS) is 19.4. The number of rotatable bonds is 5. The number of fused-ring (bicyclic) bond motifs is 3. The second kappa shape index (κ2) is 8.85. The first kappa shape index (κ1) is 22.0. The summed E-state index contributed by atoms with van der Waals surface area (Å²) in [6.07, 6.45) is 3.64. The Morgan fingerprint density at radius 1 is 1.12 bits per heavy atom. The highest BCUT2D eigenvalue weighted by molar-refractivity contribution is 9.10. The van der Waals surface area contributed by atoms with E-state index < -0.39 is 0 Å². The van der Waals surface area contributed by atoms with E-state index in [1.807, 2.05) is 24.4 Å². The van der Waals surface area contributed by atoms with Gasteiger partial charge in [0, 0.05) is 30.3 Å². The molecule has 2 unspecified atom stereocenters. The number of benzene rings is 1. The zero-order valence-corrected chi connectivity index (χ0v) is 20.3. The van der Waals surface area contributed by atoms with Crippen molar-refractivity contribution in [2.75, 3.05) is 20.2 Å². The quantitative estimate of drug-likeness (QED) is 0.406. The Balaban J connectivity index is 1.57. The van der Waals surface area contributed by atoms with E-state index >= 15 is 0 Å². The SMILES string of the molecule is COc1ccc(Cn2c(=O)n3ncnc3c3cc(CN4CC(C)OC(C)C4)cnc32)c(Br)c1. The first-order chi connectivity index (χ1) is 15.9. The van der Waals surface area contributed by atoms with Crippen molar-refractivity contribution >= 4 is 32.6 Å². The van der Waals surface area contributed by atoms with Gasteiger partial charge in [-0.3, -0.25) is 9.47 Å². The number of halogens is 1. The summed E-state index contributed by atoms with van der Waals surface area (Å²) in [5, 5.41) is 4.97. The Hall–Kier alpha value is -2.82. The highest BCUT2D eigenvalue weighted by Crippen LogP contribution is 2.25. The van der Waals surface area contributed by atoms with E-state index in [4.69, 9.17) is 14.5 Å². The van der Waals surface area contributed by atoms with Crippen LogP contribution in [0.25, 0.3) is 16.7 Å². The van der Waals surface area contributed by atoms with Crippen molar-refractivity contribution in [3.8, 4) is 5.75 Å². The minimum Gasteiger partial charge on any atom is -0.497 e. The van der Waals surface area contributed by atoms with E-state index in [0.29, 0.717) is 17.8 Å². The van der Waals surface area contributed by atoms with Crippen LogP contribution in [-0.2, 0) is 17.8 Å². The lowest BCUT2D eigenvalue weighted by molar-refractivity contribution is -0.0705. The molecule has 0 saturated carbocycles. The van der Waals surface area contributed by atoms with E-state index in [2.05, 4.69) is 50.8 Å². The van der Waals surface area contributed by atoms with Crippen molar-refractivity contribution in [2.24, 2.45) is 0 Å². The van der Waals surface area contributed by atoms with E-state index in [-0.39, 0.29) is 17.9 Å². The molecule has 0 radical (unpaired) electrons. The molecule has 1 fully saturated rings. The molecule has 0 N–H and O–H groups in total. The lowest BCUT2D eigenvalue weighted by Crippen LogP contribution is -2.44. The summed E-state index contributed by atoms with van der Waals surface area (Å²) in [6, 6.07) is 7.75. The van der Waals surface area contributed by atoms with Gasteiger partial charge in [0.1, 0.15) is 17.7 Å². The Bertz CT molecular complexity index is 1370. The minimum absolute atomic E-state index is 0.193. The summed E-state index contributed by atoms with van der Waals surface area (Å²) in [7, 11) is 1.62. The molecule has 172 valence electrons. The average Bonchev–Trinajstić information content (AvgIpc) is 3.27. The Morgan fingerprint density at radius 2 is 1.91 bits per heavy atom. The number of methoxy groups -OCH3 is 1. The molecule has 2 atom stereocenters. The third-order valence-electron chi connectivity index (χ3n) is 5.87. The van der Waals surface area contributed by atoms with Gasteiger partial charge in [-0.1, -0.05) is 22.0 Å². The molecule has 0 aliphatic carbocycles. The third kappa shape index (κ3) is 4.25. The Labute approximate surface area is 199 Å². The standard InChI is InChI=1S/C23H25BrN6O3/c1-14-9-28(10-15(2)33-14)11-16-6-19-21(25-8-16)29(23(31)30-22(19)26-13-27-30)12-17-4-5-18(32-3)7-20(17)24/h4-8,13-15H,9-12H2,1-3H3. The van der Waals surface area contributed by atoms with E-state index in [1.165, 1.54) is 10.8 Å². The van der Waals surface area contributed by atoms with Gasteiger partial charge < -0.3 is 9.47 Å². The minimum atomic E-state index is -0.284. The van der Waals surface area contributed by atoms with Crippen molar-refractivity contribution in [1.82, 2.24) is 29.0 Å². The Kier molecular flexibility index (Phi) is 5.90. The van der Waals surface area contributed by atoms with E-state index in [1.54, 1.807) is 11.7 Å². The van der Waals surface area contributed by atoms with Crippen molar-refractivity contribution in [3.05, 3.63) is 62.9 Å². The predicted octanol–water partition coefficient (Wildman–Crippen LogP) is 2.87. The van der Waals surface area contributed by atoms with Gasteiger partial charge in [0.05, 0.1) is 31.2 Å². The number of ether oxygens (including phenoxy) is 2. The number of nitrogens with zero attached hydrogens (tertiary/aromatic N) is 6. The fraction of sp³-hybridized carbons (Fsp3) is 0.391. The number of hydrogen-bond acceptors (Lipinski definition) is 7. The van der Waals surface area contributed by atoms with Gasteiger partial charge in [0.25, 0.3) is 0 Å². The van der Waals surface area contributed by atoms with Gasteiger partial charge >= 0.3 is 5.69 Å². The molecule has 3 aromatic heterocycles. The van der Waals surface area contributed by atoms with Crippen LogP contribution in [0.5, 0.6) is 5.75 Å². The van der Waals surface area contributed by atoms with Crippen molar-refractivity contribution in [3.63, 3.8) is 0 Å². The maximum Gasteiger partial charge on any atom is 0.352 e. The van der Waals surface area contributed by atoms with Gasteiger partial charge in [0.2, 0.25) is 0 Å². The smallest absolute Gasteiger partial charge is 0.352 e. The van der Waals surface area contributed by atoms with E-state index in [0.717, 1.165) is 46.4 Å². The summed E-state index contributed by atoms with van der Waals surface area (Å²) < 4.78 is 15.0. The molecule has 1 saturated heterocycles. The van der Waals surface area contributed by atoms with Crippen LogP contribution in [0.1, 0.15) is 25.0 Å². The number of hydrogen-bond donors (Lipinski definition) is 0. The maximum atomic E-state index is 13.2. The van der Waals surface area contributed by atoms with Gasteiger partial charge in [-0.2, -0.15) is 9.61 Å². The van der Waals surface area contributed by atoms with Crippen LogP contribution < -0.4 is 10.4 Å². The summed E-state index contributed by atoms with van der Waals surface area (Å²) in [5.74, 6) is 0.740. The Morgan fingerprint density at radius 3 is 2.64 bits per heavy atom. The molecular weight excluding hydrogens is 488 g/mol. The molecule has 4 aromatic rings. The van der Waals surface area contributed by atoms with Gasteiger partial charge in [-0.05, 0) is 43.2 Å². The highest BCUT2D eigenvalue weighted by atomic mass is 79.9. The first-order valence-electron chi connectivity index (χ1n) is 10.8. The highest BCUT2D eigenvalue weighted by Gasteiger charge is 2.23. The summed E-state index contributed by atoms with van der Waals surface area (Å²) in [6.45, 7) is 7.01. The summed E-state index contributed by atoms with van der Waals surface area (Å²) in [4.78, 5) is 24.7. The lowest BCUT2D eigenvalue weighted by atomic mass is 10.1. The second-order valence-corrected chi connectivity index (χ2v) is 9.34. The molecular formula is C23H25BrN6O3. The maximum absolute atomic E-state index is 13.2. The molecule has 9 nitrogen and oxygen atoms in total. The van der Waals surface area contributed by atoms with Crippen LogP contribution in [0.3, 0.4) is 0 Å². The molecule has 4 heterocycles. The van der Waals surface area contributed by atoms with Crippen molar-refractivity contribution in [1.29, 1.82) is 0 Å². The van der Waals surface area contributed by atoms with Gasteiger partial charge in [0.15, 0.2) is 5.65 Å². The van der Waals surface area contributed by atoms with Crippen LogP contribution >= 0.6 is 15.9 Å².